The standard InChI is InChI=1S/C14H10N4/c1-17-14-12(9-16)6-7-13(18-14)11-4-2-10(8-15)3-5-11/h2-7H,1H3,(H,17,18). The summed E-state index contributed by atoms with van der Waals surface area (Å²) in [6.07, 6.45) is 0. The van der Waals surface area contributed by atoms with E-state index in [0.29, 0.717) is 16.9 Å². The van der Waals surface area contributed by atoms with Gasteiger partial charge in [-0.25, -0.2) is 4.98 Å². The zero-order valence-electron chi connectivity index (χ0n) is 9.81. The maximum absolute atomic E-state index is 8.91. The molecule has 0 atom stereocenters. The van der Waals surface area contributed by atoms with Gasteiger partial charge in [-0.3, -0.25) is 0 Å². The van der Waals surface area contributed by atoms with Crippen LogP contribution in [-0.4, -0.2) is 12.0 Å². The molecule has 1 N–H and O–H groups in total. The van der Waals surface area contributed by atoms with Crippen molar-refractivity contribution < 1.29 is 0 Å². The van der Waals surface area contributed by atoms with Gasteiger partial charge in [0.25, 0.3) is 0 Å². The number of nitrogens with zero attached hydrogens (tertiary/aromatic N) is 3. The molecule has 0 amide bonds. The molecule has 0 aliphatic rings. The maximum Gasteiger partial charge on any atom is 0.144 e. The Bertz CT molecular complexity index is 645. The topological polar surface area (TPSA) is 72.5 Å². The van der Waals surface area contributed by atoms with E-state index in [4.69, 9.17) is 10.5 Å². The number of rotatable bonds is 2. The summed E-state index contributed by atoms with van der Waals surface area (Å²) in [4.78, 5) is 4.37. The van der Waals surface area contributed by atoms with E-state index in [2.05, 4.69) is 22.4 Å². The van der Waals surface area contributed by atoms with Crippen LogP contribution < -0.4 is 5.32 Å². The van der Waals surface area contributed by atoms with Gasteiger partial charge in [-0.05, 0) is 24.3 Å². The van der Waals surface area contributed by atoms with Crippen LogP contribution in [-0.2, 0) is 0 Å². The van der Waals surface area contributed by atoms with E-state index in [-0.39, 0.29) is 0 Å². The van der Waals surface area contributed by atoms with Gasteiger partial charge in [0.05, 0.1) is 22.9 Å². The lowest BCUT2D eigenvalue weighted by atomic mass is 10.1. The predicted molar refractivity (Wildman–Crippen MR) is 68.6 cm³/mol. The van der Waals surface area contributed by atoms with Gasteiger partial charge < -0.3 is 5.32 Å². The average Bonchev–Trinajstić information content (AvgIpc) is 2.46. The van der Waals surface area contributed by atoms with Crippen molar-refractivity contribution in [1.82, 2.24) is 4.98 Å². The van der Waals surface area contributed by atoms with E-state index >= 15 is 0 Å². The summed E-state index contributed by atoms with van der Waals surface area (Å²) in [6.45, 7) is 0. The van der Waals surface area contributed by atoms with E-state index in [1.165, 1.54) is 0 Å². The second-order valence-corrected chi connectivity index (χ2v) is 3.64. The number of benzene rings is 1. The zero-order chi connectivity index (χ0) is 13.0. The third-order valence-corrected chi connectivity index (χ3v) is 2.56. The van der Waals surface area contributed by atoms with Crippen molar-refractivity contribution in [2.75, 3.05) is 12.4 Å². The van der Waals surface area contributed by atoms with Crippen LogP contribution >= 0.6 is 0 Å². The fourth-order valence-corrected chi connectivity index (χ4v) is 1.62. The van der Waals surface area contributed by atoms with Crippen molar-refractivity contribution in [3.8, 4) is 23.4 Å². The fraction of sp³-hybridized carbons (Fsp3) is 0.0714. The lowest BCUT2D eigenvalue weighted by Crippen LogP contribution is -1.97. The molecule has 86 valence electrons. The van der Waals surface area contributed by atoms with Gasteiger partial charge in [-0.15, -0.1) is 0 Å². The Morgan fingerprint density at radius 3 is 2.28 bits per heavy atom. The molecule has 0 fully saturated rings. The number of hydrogen-bond donors (Lipinski definition) is 1. The third-order valence-electron chi connectivity index (χ3n) is 2.56. The maximum atomic E-state index is 8.91. The highest BCUT2D eigenvalue weighted by Gasteiger charge is 2.05. The number of nitrogens with one attached hydrogen (secondary N) is 1. The molecular formula is C14H10N4. The SMILES string of the molecule is CNc1nc(-c2ccc(C#N)cc2)ccc1C#N. The Morgan fingerprint density at radius 2 is 1.72 bits per heavy atom. The molecule has 4 heteroatoms. The molecule has 2 rings (SSSR count). The fourth-order valence-electron chi connectivity index (χ4n) is 1.62. The monoisotopic (exact) mass is 234 g/mol. The van der Waals surface area contributed by atoms with E-state index in [9.17, 15) is 0 Å². The number of nitriles is 2. The minimum atomic E-state index is 0.509. The molecule has 0 radical (unpaired) electrons. The third kappa shape index (κ3) is 2.14. The van der Waals surface area contributed by atoms with Crippen LogP contribution in [0.4, 0.5) is 5.82 Å². The van der Waals surface area contributed by atoms with Gasteiger partial charge in [0.15, 0.2) is 0 Å². The van der Waals surface area contributed by atoms with Crippen LogP contribution in [0.25, 0.3) is 11.3 Å². The Kier molecular flexibility index (Phi) is 3.22. The number of pyridine rings is 1. The summed E-state index contributed by atoms with van der Waals surface area (Å²) >= 11 is 0. The summed E-state index contributed by atoms with van der Waals surface area (Å²) in [5.74, 6) is 0.555. The summed E-state index contributed by atoms with van der Waals surface area (Å²) in [5.41, 5.74) is 2.80. The van der Waals surface area contributed by atoms with Crippen LogP contribution in [0.2, 0.25) is 0 Å². The zero-order valence-corrected chi connectivity index (χ0v) is 9.81. The number of hydrogen-bond acceptors (Lipinski definition) is 4. The lowest BCUT2D eigenvalue weighted by molar-refractivity contribution is 1.27. The van der Waals surface area contributed by atoms with E-state index in [0.717, 1.165) is 11.3 Å². The minimum Gasteiger partial charge on any atom is -0.372 e. The molecule has 0 saturated carbocycles. The minimum absolute atomic E-state index is 0.509. The molecule has 18 heavy (non-hydrogen) atoms. The van der Waals surface area contributed by atoms with Crippen LogP contribution in [0, 0.1) is 22.7 Å². The van der Waals surface area contributed by atoms with Crippen LogP contribution in [0.15, 0.2) is 36.4 Å². The molecule has 0 aliphatic carbocycles. The van der Waals surface area contributed by atoms with Gasteiger partial charge in [0, 0.05) is 12.6 Å². The van der Waals surface area contributed by atoms with Crippen molar-refractivity contribution in [2.24, 2.45) is 0 Å². The van der Waals surface area contributed by atoms with Crippen molar-refractivity contribution >= 4 is 5.82 Å². The van der Waals surface area contributed by atoms with Crippen molar-refractivity contribution in [1.29, 1.82) is 10.5 Å². The van der Waals surface area contributed by atoms with Crippen LogP contribution in [0.5, 0.6) is 0 Å². The average molecular weight is 234 g/mol. The Hall–Kier alpha value is -2.85. The predicted octanol–water partition coefficient (Wildman–Crippen LogP) is 2.53. The van der Waals surface area contributed by atoms with Gasteiger partial charge in [-0.1, -0.05) is 12.1 Å². The molecule has 2 aromatic rings. The summed E-state index contributed by atoms with van der Waals surface area (Å²) in [6, 6.07) is 14.8. The lowest BCUT2D eigenvalue weighted by Gasteiger charge is -2.06. The van der Waals surface area contributed by atoms with Gasteiger partial charge >= 0.3 is 0 Å². The molecule has 0 aliphatic heterocycles. The van der Waals surface area contributed by atoms with Crippen LogP contribution in [0.1, 0.15) is 11.1 Å². The first-order valence-corrected chi connectivity index (χ1v) is 5.38. The van der Waals surface area contributed by atoms with Crippen LogP contribution in [0.3, 0.4) is 0 Å². The number of anilines is 1. The van der Waals surface area contributed by atoms with E-state index in [1.54, 1.807) is 31.3 Å². The Balaban J connectivity index is 2.45. The molecule has 0 unspecified atom stereocenters. The smallest absolute Gasteiger partial charge is 0.144 e. The molecule has 4 nitrogen and oxygen atoms in total. The molecule has 0 bridgehead atoms. The molecule has 1 aromatic heterocycles. The van der Waals surface area contributed by atoms with Gasteiger partial charge in [0.1, 0.15) is 11.9 Å². The first-order chi connectivity index (χ1) is 8.78. The summed E-state index contributed by atoms with van der Waals surface area (Å²) < 4.78 is 0. The van der Waals surface area contributed by atoms with E-state index in [1.807, 2.05) is 12.1 Å². The highest BCUT2D eigenvalue weighted by molar-refractivity contribution is 5.65. The van der Waals surface area contributed by atoms with Crippen molar-refractivity contribution in [3.63, 3.8) is 0 Å². The largest absolute Gasteiger partial charge is 0.372 e. The summed E-state index contributed by atoms with van der Waals surface area (Å²) in [7, 11) is 1.73. The number of aromatic nitrogens is 1. The second-order valence-electron chi connectivity index (χ2n) is 3.64. The van der Waals surface area contributed by atoms with E-state index < -0.39 is 0 Å². The first kappa shape index (κ1) is 11.6. The Morgan fingerprint density at radius 1 is 1.00 bits per heavy atom. The highest BCUT2D eigenvalue weighted by atomic mass is 15.0. The summed E-state index contributed by atoms with van der Waals surface area (Å²) in [5, 5.41) is 20.5. The quantitative estimate of drug-likeness (QED) is 0.866. The molecular weight excluding hydrogens is 224 g/mol. The highest BCUT2D eigenvalue weighted by Crippen LogP contribution is 2.21. The molecule has 1 heterocycles. The molecule has 1 aromatic carbocycles. The second kappa shape index (κ2) is 4.99. The normalized spacial score (nSPS) is 9.28. The Labute approximate surface area is 105 Å². The van der Waals surface area contributed by atoms with Gasteiger partial charge in [0.2, 0.25) is 0 Å². The van der Waals surface area contributed by atoms with Crippen molar-refractivity contribution in [2.45, 2.75) is 0 Å². The first-order valence-electron chi connectivity index (χ1n) is 5.38. The van der Waals surface area contributed by atoms with Gasteiger partial charge in [-0.2, -0.15) is 10.5 Å². The molecule has 0 spiro atoms. The van der Waals surface area contributed by atoms with Crippen molar-refractivity contribution in [3.05, 3.63) is 47.5 Å². The molecule has 0 saturated heterocycles.